The zero-order chi connectivity index (χ0) is 16.2. The lowest BCUT2D eigenvalue weighted by Crippen LogP contribution is -2.37. The van der Waals surface area contributed by atoms with E-state index in [-0.39, 0.29) is 13.3 Å². The summed E-state index contributed by atoms with van der Waals surface area (Å²) in [5.74, 6) is -16.4. The minimum absolute atomic E-state index is 0.0213. The van der Waals surface area contributed by atoms with Gasteiger partial charge in [-0.05, 0) is 13.3 Å². The Morgan fingerprint density at radius 2 is 1.05 bits per heavy atom. The van der Waals surface area contributed by atoms with Gasteiger partial charge in [-0.2, -0.15) is 0 Å². The fourth-order valence-corrected chi connectivity index (χ4v) is 1.86. The standard InChI is InChI=1S/C12H18F8/c1-3-4-5-10(15,16)7-12(19,20)8-11(17,18)6-9(2,13)14/h3-8H2,1-2H3. The van der Waals surface area contributed by atoms with E-state index in [4.69, 9.17) is 0 Å². The first-order valence-corrected chi connectivity index (χ1v) is 6.19. The Morgan fingerprint density at radius 1 is 0.650 bits per heavy atom. The van der Waals surface area contributed by atoms with Crippen molar-refractivity contribution in [2.24, 2.45) is 0 Å². The molecule has 0 N–H and O–H groups in total. The minimum Gasteiger partial charge on any atom is -0.207 e. The van der Waals surface area contributed by atoms with Crippen LogP contribution in [0.3, 0.4) is 0 Å². The topological polar surface area (TPSA) is 0 Å². The third kappa shape index (κ3) is 9.36. The van der Waals surface area contributed by atoms with E-state index in [2.05, 4.69) is 0 Å². The van der Waals surface area contributed by atoms with E-state index in [0.717, 1.165) is 0 Å². The third-order valence-corrected chi connectivity index (χ3v) is 2.50. The summed E-state index contributed by atoms with van der Waals surface area (Å²) in [7, 11) is 0. The third-order valence-electron chi connectivity index (χ3n) is 2.50. The fraction of sp³-hybridized carbons (Fsp3) is 1.00. The van der Waals surface area contributed by atoms with E-state index in [9.17, 15) is 35.1 Å². The van der Waals surface area contributed by atoms with E-state index in [1.165, 1.54) is 0 Å². The smallest absolute Gasteiger partial charge is 0.207 e. The summed E-state index contributed by atoms with van der Waals surface area (Å²) in [5.41, 5.74) is 0. The molecule has 0 aliphatic carbocycles. The Labute approximate surface area is 112 Å². The van der Waals surface area contributed by atoms with Crippen LogP contribution in [0.25, 0.3) is 0 Å². The van der Waals surface area contributed by atoms with Crippen LogP contribution in [0, 0.1) is 0 Å². The molecule has 0 saturated carbocycles. The molecule has 0 spiro atoms. The van der Waals surface area contributed by atoms with Crippen LogP contribution in [0.4, 0.5) is 35.1 Å². The van der Waals surface area contributed by atoms with Gasteiger partial charge in [0.25, 0.3) is 23.7 Å². The summed E-state index contributed by atoms with van der Waals surface area (Å²) in [6.45, 7) is 1.74. The second-order valence-electron chi connectivity index (χ2n) is 5.27. The average Bonchev–Trinajstić information content (AvgIpc) is 2.05. The molecule has 0 rings (SSSR count). The first kappa shape index (κ1) is 19.4. The minimum atomic E-state index is -4.40. The fourth-order valence-electron chi connectivity index (χ4n) is 1.86. The molecule has 0 nitrogen and oxygen atoms in total. The van der Waals surface area contributed by atoms with Crippen LogP contribution in [0.5, 0.6) is 0 Å². The maximum absolute atomic E-state index is 13.2. The van der Waals surface area contributed by atoms with Gasteiger partial charge in [-0.1, -0.05) is 13.3 Å². The van der Waals surface area contributed by atoms with Crippen molar-refractivity contribution in [2.75, 3.05) is 0 Å². The van der Waals surface area contributed by atoms with Crippen LogP contribution in [-0.4, -0.2) is 23.7 Å². The molecular formula is C12H18F8. The second-order valence-corrected chi connectivity index (χ2v) is 5.27. The second kappa shape index (κ2) is 6.47. The molecule has 122 valence electrons. The maximum atomic E-state index is 13.2. The van der Waals surface area contributed by atoms with E-state index in [0.29, 0.717) is 6.42 Å². The lowest BCUT2D eigenvalue weighted by Gasteiger charge is -2.27. The quantitative estimate of drug-likeness (QED) is 0.464. The lowest BCUT2D eigenvalue weighted by molar-refractivity contribution is -0.177. The van der Waals surface area contributed by atoms with E-state index < -0.39 is 49.4 Å². The molecule has 0 saturated heterocycles. The number of unbranched alkanes of at least 4 members (excludes halogenated alkanes) is 1. The van der Waals surface area contributed by atoms with Gasteiger partial charge in [0, 0.05) is 6.42 Å². The zero-order valence-electron chi connectivity index (χ0n) is 11.3. The number of hydrogen-bond acceptors (Lipinski definition) is 0. The van der Waals surface area contributed by atoms with Crippen molar-refractivity contribution >= 4 is 0 Å². The first-order chi connectivity index (χ1) is 8.68. The number of hydrogen-bond donors (Lipinski definition) is 0. The number of rotatable bonds is 9. The van der Waals surface area contributed by atoms with Crippen molar-refractivity contribution in [1.29, 1.82) is 0 Å². The highest BCUT2D eigenvalue weighted by Gasteiger charge is 2.51. The molecule has 8 heteroatoms. The van der Waals surface area contributed by atoms with E-state index in [1.807, 2.05) is 0 Å². The average molecular weight is 314 g/mol. The monoisotopic (exact) mass is 314 g/mol. The Hall–Kier alpha value is -0.560. The van der Waals surface area contributed by atoms with Gasteiger partial charge in [0.05, 0.1) is 19.3 Å². The molecule has 0 aromatic rings. The Kier molecular flexibility index (Phi) is 6.29. The largest absolute Gasteiger partial charge is 0.259 e. The van der Waals surface area contributed by atoms with Gasteiger partial charge in [-0.3, -0.25) is 0 Å². The van der Waals surface area contributed by atoms with Gasteiger partial charge in [0.15, 0.2) is 0 Å². The molecule has 0 heterocycles. The summed E-state index contributed by atoms with van der Waals surface area (Å²) >= 11 is 0. The molecule has 0 amide bonds. The summed E-state index contributed by atoms with van der Waals surface area (Å²) in [6.07, 6.45) is -6.95. The SMILES string of the molecule is CCCCC(F)(F)CC(F)(F)CC(F)(F)CC(C)(F)F. The van der Waals surface area contributed by atoms with Crippen molar-refractivity contribution < 1.29 is 35.1 Å². The predicted octanol–water partition coefficient (Wildman–Crippen LogP) is 5.91. The highest BCUT2D eigenvalue weighted by molar-refractivity contribution is 4.85. The molecule has 20 heavy (non-hydrogen) atoms. The van der Waals surface area contributed by atoms with Crippen LogP contribution in [0.2, 0.25) is 0 Å². The Balaban J connectivity index is 4.65. The van der Waals surface area contributed by atoms with Crippen molar-refractivity contribution in [3.05, 3.63) is 0 Å². The van der Waals surface area contributed by atoms with Crippen molar-refractivity contribution in [1.82, 2.24) is 0 Å². The molecule has 0 fully saturated rings. The van der Waals surface area contributed by atoms with Crippen LogP contribution in [0.15, 0.2) is 0 Å². The summed E-state index contributed by atoms with van der Waals surface area (Å²) in [4.78, 5) is 0. The van der Waals surface area contributed by atoms with Gasteiger partial charge in [-0.15, -0.1) is 0 Å². The normalized spacial score (nSPS) is 14.7. The van der Waals surface area contributed by atoms with Gasteiger partial charge >= 0.3 is 0 Å². The van der Waals surface area contributed by atoms with Gasteiger partial charge in [0.1, 0.15) is 0 Å². The Morgan fingerprint density at radius 3 is 1.45 bits per heavy atom. The number of alkyl halides is 8. The van der Waals surface area contributed by atoms with Crippen LogP contribution < -0.4 is 0 Å². The van der Waals surface area contributed by atoms with Crippen LogP contribution in [0.1, 0.15) is 52.4 Å². The molecule has 0 aromatic heterocycles. The van der Waals surface area contributed by atoms with Crippen LogP contribution in [-0.2, 0) is 0 Å². The summed E-state index contributed by atoms with van der Waals surface area (Å²) < 4.78 is 104. The van der Waals surface area contributed by atoms with Crippen molar-refractivity contribution in [3.63, 3.8) is 0 Å². The predicted molar refractivity (Wildman–Crippen MR) is 58.8 cm³/mol. The lowest BCUT2D eigenvalue weighted by atomic mass is 9.97. The van der Waals surface area contributed by atoms with E-state index >= 15 is 0 Å². The molecule has 0 bridgehead atoms. The summed E-state index contributed by atoms with van der Waals surface area (Å²) in [5, 5.41) is 0. The Bertz CT molecular complexity index is 292. The van der Waals surface area contributed by atoms with E-state index in [1.54, 1.807) is 6.92 Å². The van der Waals surface area contributed by atoms with Crippen molar-refractivity contribution in [2.45, 2.75) is 76.1 Å². The maximum Gasteiger partial charge on any atom is 0.259 e. The summed E-state index contributed by atoms with van der Waals surface area (Å²) in [6, 6.07) is 0. The highest BCUT2D eigenvalue weighted by Crippen LogP contribution is 2.43. The molecular weight excluding hydrogens is 296 g/mol. The van der Waals surface area contributed by atoms with Gasteiger partial charge in [-0.25, -0.2) is 35.1 Å². The van der Waals surface area contributed by atoms with Crippen LogP contribution >= 0.6 is 0 Å². The highest BCUT2D eigenvalue weighted by atomic mass is 19.3. The van der Waals surface area contributed by atoms with Gasteiger partial charge in [0.2, 0.25) is 0 Å². The zero-order valence-corrected chi connectivity index (χ0v) is 11.3. The molecule has 0 unspecified atom stereocenters. The molecule has 0 radical (unpaired) electrons. The van der Waals surface area contributed by atoms with Gasteiger partial charge < -0.3 is 0 Å². The number of halogens is 8. The first-order valence-electron chi connectivity index (χ1n) is 6.19. The van der Waals surface area contributed by atoms with Crippen molar-refractivity contribution in [3.8, 4) is 0 Å². The molecule has 0 aromatic carbocycles. The molecule has 0 aliphatic rings. The molecule has 0 atom stereocenters. The molecule has 0 aliphatic heterocycles.